The van der Waals surface area contributed by atoms with Crippen LogP contribution in [0.1, 0.15) is 17.0 Å². The molecule has 2 heterocycles. The second-order valence-electron chi connectivity index (χ2n) is 6.94. The number of halogens is 3. The Kier molecular flexibility index (Phi) is 4.37. The van der Waals surface area contributed by atoms with E-state index in [1.54, 1.807) is 42.4 Å². The van der Waals surface area contributed by atoms with Gasteiger partial charge in [-0.15, -0.1) is 0 Å². The van der Waals surface area contributed by atoms with Gasteiger partial charge < -0.3 is 5.73 Å². The summed E-state index contributed by atoms with van der Waals surface area (Å²) in [4.78, 5) is 11.7. The molecule has 4 rings (SSSR count). The number of nitrogens with two attached hydrogens (primary N) is 1. The van der Waals surface area contributed by atoms with Gasteiger partial charge >= 0.3 is 0 Å². The van der Waals surface area contributed by atoms with Crippen molar-refractivity contribution < 1.29 is 18.0 Å². The Morgan fingerprint density at radius 3 is 2.57 bits per heavy atom. The van der Waals surface area contributed by atoms with Crippen LogP contribution in [0.3, 0.4) is 0 Å². The molecule has 4 nitrogen and oxygen atoms in total. The topological polar surface area (TPSA) is 49.6 Å². The Labute approximate surface area is 160 Å². The number of hydrogen-bond donors (Lipinski definition) is 1. The highest BCUT2D eigenvalue weighted by atomic mass is 19.1. The van der Waals surface area contributed by atoms with Crippen molar-refractivity contribution >= 4 is 11.6 Å². The number of carbonyl (C=O) groups is 1. The van der Waals surface area contributed by atoms with Gasteiger partial charge in [-0.05, 0) is 54.5 Å². The third-order valence-electron chi connectivity index (χ3n) is 5.13. The summed E-state index contributed by atoms with van der Waals surface area (Å²) in [5.74, 6) is -3.21. The first-order valence-electron chi connectivity index (χ1n) is 8.82. The molecule has 1 amide bonds. The monoisotopic (exact) mass is 385 g/mol. The van der Waals surface area contributed by atoms with Crippen molar-refractivity contribution in [3.05, 3.63) is 89.0 Å². The lowest BCUT2D eigenvalue weighted by Crippen LogP contribution is -2.34. The zero-order valence-corrected chi connectivity index (χ0v) is 15.1. The number of nitrogens with zero attached hydrogens (tertiary/aromatic N) is 2. The number of anilines is 1. The Bertz CT molecular complexity index is 1020. The third kappa shape index (κ3) is 3.02. The Balaban J connectivity index is 1.80. The van der Waals surface area contributed by atoms with Gasteiger partial charge in [0.2, 0.25) is 5.91 Å². The van der Waals surface area contributed by atoms with E-state index in [0.717, 1.165) is 11.8 Å². The van der Waals surface area contributed by atoms with Crippen molar-refractivity contribution in [1.29, 1.82) is 0 Å². The number of primary amides is 1. The van der Waals surface area contributed by atoms with Crippen molar-refractivity contribution in [2.24, 2.45) is 11.7 Å². The maximum Gasteiger partial charge on any atom is 0.228 e. The SMILES string of the molecule is Cc1cc(N2CC(c3ccc(F)cc3F)C3=CC(C(N)=O)C=CN32)ccc1F. The van der Waals surface area contributed by atoms with E-state index in [9.17, 15) is 18.0 Å². The number of amides is 1. The predicted octanol–water partition coefficient (Wildman–Crippen LogP) is 3.75. The van der Waals surface area contributed by atoms with E-state index in [-0.39, 0.29) is 5.82 Å². The summed E-state index contributed by atoms with van der Waals surface area (Å²) in [6.45, 7) is 2.01. The number of hydrazine groups is 1. The van der Waals surface area contributed by atoms with Gasteiger partial charge in [0.05, 0.1) is 18.2 Å². The van der Waals surface area contributed by atoms with Crippen LogP contribution in [0.15, 0.2) is 60.4 Å². The van der Waals surface area contributed by atoms with E-state index >= 15 is 0 Å². The van der Waals surface area contributed by atoms with Crippen molar-refractivity contribution in [3.8, 4) is 0 Å². The van der Waals surface area contributed by atoms with Crippen LogP contribution < -0.4 is 10.7 Å². The Morgan fingerprint density at radius 2 is 1.89 bits per heavy atom. The second kappa shape index (κ2) is 6.74. The highest BCUT2D eigenvalue weighted by Gasteiger charge is 2.38. The van der Waals surface area contributed by atoms with Gasteiger partial charge in [-0.3, -0.25) is 14.8 Å². The maximum absolute atomic E-state index is 14.5. The first-order chi connectivity index (χ1) is 13.3. The molecule has 1 fully saturated rings. The fourth-order valence-corrected chi connectivity index (χ4v) is 3.66. The van der Waals surface area contributed by atoms with E-state index in [1.807, 2.05) is 5.01 Å². The minimum Gasteiger partial charge on any atom is -0.369 e. The standard InChI is InChI=1S/C21H18F3N3O/c1-12-8-15(3-5-18(12)23)27-11-17(16-4-2-14(22)10-19(16)24)20-9-13(21(25)28)6-7-26(20)27/h2-10,13,17H,11H2,1H3,(H2,25,28). The van der Waals surface area contributed by atoms with Gasteiger partial charge in [0.25, 0.3) is 0 Å². The summed E-state index contributed by atoms with van der Waals surface area (Å²) in [6, 6.07) is 8.17. The molecule has 7 heteroatoms. The molecule has 1 saturated heterocycles. The summed E-state index contributed by atoms with van der Waals surface area (Å²) in [5, 5.41) is 3.65. The lowest BCUT2D eigenvalue weighted by atomic mass is 9.92. The number of hydrogen-bond acceptors (Lipinski definition) is 3. The summed E-state index contributed by atoms with van der Waals surface area (Å²) >= 11 is 0. The van der Waals surface area contributed by atoms with Crippen LogP contribution in [-0.4, -0.2) is 17.5 Å². The average Bonchev–Trinajstić information content (AvgIpc) is 3.02. The molecule has 0 bridgehead atoms. The first-order valence-corrected chi connectivity index (χ1v) is 8.82. The molecule has 2 atom stereocenters. The molecule has 0 aliphatic carbocycles. The number of benzene rings is 2. The third-order valence-corrected chi connectivity index (χ3v) is 5.13. The highest BCUT2D eigenvalue weighted by molar-refractivity contribution is 5.81. The van der Waals surface area contributed by atoms with E-state index in [2.05, 4.69) is 0 Å². The molecule has 0 radical (unpaired) electrons. The average molecular weight is 385 g/mol. The van der Waals surface area contributed by atoms with E-state index in [1.165, 1.54) is 18.2 Å². The van der Waals surface area contributed by atoms with E-state index < -0.39 is 29.4 Å². The van der Waals surface area contributed by atoms with Gasteiger partial charge in [-0.1, -0.05) is 6.07 Å². The lowest BCUT2D eigenvalue weighted by molar-refractivity contribution is -0.119. The highest BCUT2D eigenvalue weighted by Crippen LogP contribution is 2.42. The molecule has 2 aliphatic heterocycles. The number of carbonyl (C=O) groups excluding carboxylic acids is 1. The molecule has 0 aromatic heterocycles. The van der Waals surface area contributed by atoms with Gasteiger partial charge in [0.1, 0.15) is 17.5 Å². The number of aryl methyl sites for hydroxylation is 1. The summed E-state index contributed by atoms with van der Waals surface area (Å²) in [6.07, 6.45) is 5.04. The van der Waals surface area contributed by atoms with Crippen LogP contribution in [0.5, 0.6) is 0 Å². The Hall–Kier alpha value is -3.22. The normalized spacial score (nSPS) is 20.9. The van der Waals surface area contributed by atoms with Gasteiger partial charge in [-0.2, -0.15) is 0 Å². The summed E-state index contributed by atoms with van der Waals surface area (Å²) in [7, 11) is 0. The van der Waals surface area contributed by atoms with Crippen LogP contribution >= 0.6 is 0 Å². The van der Waals surface area contributed by atoms with Crippen LogP contribution in [0.25, 0.3) is 0 Å². The zero-order valence-electron chi connectivity index (χ0n) is 15.1. The van der Waals surface area contributed by atoms with Crippen molar-refractivity contribution in [3.63, 3.8) is 0 Å². The minimum absolute atomic E-state index is 0.317. The van der Waals surface area contributed by atoms with Gasteiger partial charge in [0.15, 0.2) is 0 Å². The minimum atomic E-state index is -0.659. The molecule has 2 N–H and O–H groups in total. The number of rotatable bonds is 3. The molecule has 2 aromatic carbocycles. The summed E-state index contributed by atoms with van der Waals surface area (Å²) in [5.41, 5.74) is 7.62. The molecular formula is C21H18F3N3O. The van der Waals surface area contributed by atoms with E-state index in [4.69, 9.17) is 5.73 Å². The van der Waals surface area contributed by atoms with Crippen LogP contribution in [-0.2, 0) is 4.79 Å². The van der Waals surface area contributed by atoms with Crippen LogP contribution in [0.4, 0.5) is 18.9 Å². The van der Waals surface area contributed by atoms with Crippen molar-refractivity contribution in [2.45, 2.75) is 12.8 Å². The van der Waals surface area contributed by atoms with Crippen LogP contribution in [0.2, 0.25) is 0 Å². The molecule has 144 valence electrons. The molecule has 0 saturated carbocycles. The first kappa shape index (κ1) is 18.2. The molecule has 2 aromatic rings. The molecular weight excluding hydrogens is 367 g/mol. The zero-order chi connectivity index (χ0) is 20.0. The fraction of sp³-hybridized carbons (Fsp3) is 0.190. The largest absolute Gasteiger partial charge is 0.369 e. The van der Waals surface area contributed by atoms with Crippen molar-refractivity contribution in [1.82, 2.24) is 5.01 Å². The van der Waals surface area contributed by atoms with Gasteiger partial charge in [0, 0.05) is 23.9 Å². The molecule has 2 unspecified atom stereocenters. The van der Waals surface area contributed by atoms with E-state index in [0.29, 0.717) is 23.4 Å². The second-order valence-corrected chi connectivity index (χ2v) is 6.94. The van der Waals surface area contributed by atoms with Gasteiger partial charge in [-0.25, -0.2) is 13.2 Å². The van der Waals surface area contributed by atoms with Crippen LogP contribution in [0, 0.1) is 30.3 Å². The predicted molar refractivity (Wildman–Crippen MR) is 99.3 cm³/mol. The smallest absolute Gasteiger partial charge is 0.228 e. The molecule has 2 aliphatic rings. The molecule has 0 spiro atoms. The van der Waals surface area contributed by atoms with Crippen molar-refractivity contribution in [2.75, 3.05) is 11.6 Å². The fourth-order valence-electron chi connectivity index (χ4n) is 3.66. The lowest BCUT2D eigenvalue weighted by Gasteiger charge is -2.31. The number of fused-ring (bicyclic) bond motifs is 1. The quantitative estimate of drug-likeness (QED) is 0.876. The Morgan fingerprint density at radius 1 is 1.11 bits per heavy atom. The molecule has 28 heavy (non-hydrogen) atoms. The maximum atomic E-state index is 14.5. The summed E-state index contributed by atoms with van der Waals surface area (Å²) < 4.78 is 41.6.